The Morgan fingerprint density at radius 1 is 1.27 bits per heavy atom. The van der Waals surface area contributed by atoms with Gasteiger partial charge in [-0.2, -0.15) is 0 Å². The van der Waals surface area contributed by atoms with Crippen LogP contribution in [0.1, 0.15) is 5.56 Å². The Morgan fingerprint density at radius 2 is 2.08 bits per heavy atom. The molecule has 2 aromatic carbocycles. The molecule has 4 rings (SSSR count). The number of para-hydroxylation sites is 1. The first-order chi connectivity index (χ1) is 12.6. The molecule has 1 fully saturated rings. The summed E-state index contributed by atoms with van der Waals surface area (Å²) in [6.45, 7) is 2.04. The van der Waals surface area contributed by atoms with Crippen molar-refractivity contribution >= 4 is 28.9 Å². The molecule has 2 heterocycles. The van der Waals surface area contributed by atoms with Gasteiger partial charge < -0.3 is 15.3 Å². The van der Waals surface area contributed by atoms with E-state index in [0.717, 1.165) is 11.3 Å². The monoisotopic (exact) mass is 371 g/mol. The molecule has 2 atom stereocenters. The summed E-state index contributed by atoms with van der Waals surface area (Å²) in [4.78, 5) is 20.2. The number of carbonyl (C=O) groups is 1. The highest BCUT2D eigenvalue weighted by molar-refractivity contribution is 6.44. The van der Waals surface area contributed by atoms with Gasteiger partial charge in [0.15, 0.2) is 5.71 Å². The first-order valence-corrected chi connectivity index (χ1v) is 8.78. The predicted molar refractivity (Wildman–Crippen MR) is 99.3 cm³/mol. The van der Waals surface area contributed by atoms with Gasteiger partial charge >= 0.3 is 0 Å². The van der Waals surface area contributed by atoms with Gasteiger partial charge in [0.1, 0.15) is 11.9 Å². The topological polar surface area (TPSA) is 74.2 Å². The fourth-order valence-electron chi connectivity index (χ4n) is 3.38. The molecule has 6 nitrogen and oxygen atoms in total. The van der Waals surface area contributed by atoms with E-state index >= 15 is 0 Å². The Balaban J connectivity index is 1.40. The minimum atomic E-state index is -0.224. The average Bonchev–Trinajstić information content (AvgIpc) is 3.19. The second-order valence-corrected chi connectivity index (χ2v) is 6.93. The molecule has 0 unspecified atom stereocenters. The summed E-state index contributed by atoms with van der Waals surface area (Å²) in [5.41, 5.74) is 2.17. The first kappa shape index (κ1) is 16.9. The van der Waals surface area contributed by atoms with E-state index in [1.807, 2.05) is 36.4 Å². The standard InChI is InChI=1S/C19H18ClN3O3/c20-15-8-12(6-7-16(15)24)9-23-10-14-17(11-23)26-22-18(14)19(25)21-13-4-2-1-3-5-13/h1-8,14,17,24H,9-11H2,(H,21,25)/t14-,17+/m0/s1. The first-order valence-electron chi connectivity index (χ1n) is 8.40. The minimum absolute atomic E-state index is 0.0497. The minimum Gasteiger partial charge on any atom is -0.506 e. The zero-order valence-corrected chi connectivity index (χ0v) is 14.7. The second kappa shape index (κ2) is 6.97. The lowest BCUT2D eigenvalue weighted by Crippen LogP contribution is -2.32. The summed E-state index contributed by atoms with van der Waals surface area (Å²) in [5, 5.41) is 16.7. The van der Waals surface area contributed by atoms with Crippen LogP contribution in [0.4, 0.5) is 5.69 Å². The van der Waals surface area contributed by atoms with Gasteiger partial charge in [-0.3, -0.25) is 9.69 Å². The molecule has 0 aromatic heterocycles. The zero-order valence-electron chi connectivity index (χ0n) is 13.9. The van der Waals surface area contributed by atoms with Gasteiger partial charge in [0.25, 0.3) is 5.91 Å². The molecule has 0 spiro atoms. The summed E-state index contributed by atoms with van der Waals surface area (Å²) in [6.07, 6.45) is -0.112. The van der Waals surface area contributed by atoms with Gasteiger partial charge in [0, 0.05) is 25.3 Å². The number of anilines is 1. The Labute approximate surface area is 156 Å². The number of nitrogens with zero attached hydrogens (tertiary/aromatic N) is 2. The van der Waals surface area contributed by atoms with Crippen LogP contribution in [0.2, 0.25) is 5.02 Å². The number of phenolic OH excluding ortho intramolecular Hbond substituents is 1. The van der Waals surface area contributed by atoms with E-state index in [4.69, 9.17) is 16.4 Å². The molecule has 0 aliphatic carbocycles. The molecular formula is C19H18ClN3O3. The Kier molecular flexibility index (Phi) is 4.53. The van der Waals surface area contributed by atoms with Crippen LogP contribution >= 0.6 is 11.6 Å². The van der Waals surface area contributed by atoms with Gasteiger partial charge in [-0.05, 0) is 29.8 Å². The van der Waals surface area contributed by atoms with Crippen molar-refractivity contribution in [3.8, 4) is 5.75 Å². The summed E-state index contributed by atoms with van der Waals surface area (Å²) >= 11 is 5.97. The smallest absolute Gasteiger partial charge is 0.273 e. The number of likely N-dealkylation sites (tertiary alicyclic amines) is 1. The lowest BCUT2D eigenvalue weighted by atomic mass is 10.0. The molecule has 7 heteroatoms. The molecule has 1 saturated heterocycles. The van der Waals surface area contributed by atoms with Crippen molar-refractivity contribution in [3.05, 3.63) is 59.1 Å². The number of amides is 1. The third-order valence-electron chi connectivity index (χ3n) is 4.66. The van der Waals surface area contributed by atoms with Gasteiger partial charge in [0.05, 0.1) is 10.9 Å². The molecule has 26 heavy (non-hydrogen) atoms. The van der Waals surface area contributed by atoms with Crippen molar-refractivity contribution in [1.29, 1.82) is 0 Å². The Morgan fingerprint density at radius 3 is 2.85 bits per heavy atom. The molecule has 0 saturated carbocycles. The Hall–Kier alpha value is -2.57. The number of oxime groups is 1. The number of fused-ring (bicyclic) bond motifs is 1. The van der Waals surface area contributed by atoms with Crippen LogP contribution < -0.4 is 5.32 Å². The number of aromatic hydroxyl groups is 1. The van der Waals surface area contributed by atoms with Crippen LogP contribution in [0.15, 0.2) is 53.7 Å². The molecule has 2 aliphatic rings. The third-order valence-corrected chi connectivity index (χ3v) is 4.96. The number of benzene rings is 2. The molecule has 134 valence electrons. The van der Waals surface area contributed by atoms with E-state index in [0.29, 0.717) is 30.4 Å². The number of hydrogen-bond donors (Lipinski definition) is 2. The molecular weight excluding hydrogens is 354 g/mol. The molecule has 2 aromatic rings. The van der Waals surface area contributed by atoms with Gasteiger partial charge in [-0.1, -0.05) is 41.0 Å². The van der Waals surface area contributed by atoms with Crippen LogP contribution in [0.5, 0.6) is 5.75 Å². The second-order valence-electron chi connectivity index (χ2n) is 6.53. The van der Waals surface area contributed by atoms with Crippen LogP contribution in [0.25, 0.3) is 0 Å². The van der Waals surface area contributed by atoms with E-state index in [9.17, 15) is 9.90 Å². The van der Waals surface area contributed by atoms with E-state index in [1.165, 1.54) is 0 Å². The lowest BCUT2D eigenvalue weighted by molar-refractivity contribution is -0.110. The highest BCUT2D eigenvalue weighted by Gasteiger charge is 2.44. The van der Waals surface area contributed by atoms with E-state index in [2.05, 4.69) is 15.4 Å². The number of halogens is 1. The highest BCUT2D eigenvalue weighted by Crippen LogP contribution is 2.30. The SMILES string of the molecule is O=C(Nc1ccccc1)C1=NO[C@@H]2CN(Cc3ccc(O)c(Cl)c3)C[C@H]12. The van der Waals surface area contributed by atoms with Crippen molar-refractivity contribution < 1.29 is 14.7 Å². The molecule has 0 radical (unpaired) electrons. The van der Waals surface area contributed by atoms with Crippen molar-refractivity contribution in [1.82, 2.24) is 4.90 Å². The lowest BCUT2D eigenvalue weighted by Gasteiger charge is -2.16. The fourth-order valence-corrected chi connectivity index (χ4v) is 3.58. The summed E-state index contributed by atoms with van der Waals surface area (Å²) < 4.78 is 0. The summed E-state index contributed by atoms with van der Waals surface area (Å²) in [6, 6.07) is 14.5. The van der Waals surface area contributed by atoms with Gasteiger partial charge in [-0.15, -0.1) is 0 Å². The van der Waals surface area contributed by atoms with Crippen molar-refractivity contribution in [2.45, 2.75) is 12.6 Å². The van der Waals surface area contributed by atoms with Crippen LogP contribution in [-0.2, 0) is 16.2 Å². The number of carbonyl (C=O) groups excluding carboxylic acids is 1. The van der Waals surface area contributed by atoms with E-state index in [-0.39, 0.29) is 23.7 Å². The predicted octanol–water partition coefficient (Wildman–Crippen LogP) is 2.87. The van der Waals surface area contributed by atoms with Gasteiger partial charge in [-0.25, -0.2) is 0 Å². The number of phenols is 1. The molecule has 2 aliphatic heterocycles. The van der Waals surface area contributed by atoms with Crippen LogP contribution in [0, 0.1) is 5.92 Å². The number of nitrogens with one attached hydrogen (secondary N) is 1. The number of hydrogen-bond acceptors (Lipinski definition) is 5. The number of rotatable bonds is 4. The fraction of sp³-hybridized carbons (Fsp3) is 0.263. The quantitative estimate of drug-likeness (QED) is 0.866. The van der Waals surface area contributed by atoms with Crippen LogP contribution in [0.3, 0.4) is 0 Å². The normalized spacial score (nSPS) is 21.8. The molecule has 0 bridgehead atoms. The maximum atomic E-state index is 12.5. The highest BCUT2D eigenvalue weighted by atomic mass is 35.5. The van der Waals surface area contributed by atoms with Crippen LogP contribution in [-0.4, -0.2) is 40.8 Å². The van der Waals surface area contributed by atoms with Crippen molar-refractivity contribution in [2.24, 2.45) is 11.1 Å². The van der Waals surface area contributed by atoms with Gasteiger partial charge in [0.2, 0.25) is 0 Å². The third kappa shape index (κ3) is 3.38. The maximum Gasteiger partial charge on any atom is 0.273 e. The maximum absolute atomic E-state index is 12.5. The van der Waals surface area contributed by atoms with E-state index in [1.54, 1.807) is 12.1 Å². The summed E-state index contributed by atoms with van der Waals surface area (Å²) in [5.74, 6) is -0.200. The zero-order chi connectivity index (χ0) is 18.1. The summed E-state index contributed by atoms with van der Waals surface area (Å²) in [7, 11) is 0. The van der Waals surface area contributed by atoms with Crippen molar-refractivity contribution in [2.75, 3.05) is 18.4 Å². The molecule has 1 amide bonds. The average molecular weight is 372 g/mol. The largest absolute Gasteiger partial charge is 0.506 e. The van der Waals surface area contributed by atoms with E-state index < -0.39 is 0 Å². The Bertz CT molecular complexity index is 856. The van der Waals surface area contributed by atoms with Crippen molar-refractivity contribution in [3.63, 3.8) is 0 Å². The molecule has 2 N–H and O–H groups in total.